The number of benzene rings is 1. The molecule has 96 valence electrons. The molecule has 0 radical (unpaired) electrons. The van der Waals surface area contributed by atoms with Crippen LogP contribution in [0.1, 0.15) is 17.0 Å². The molecule has 4 heteroatoms. The average molecular weight is 316 g/mol. The van der Waals surface area contributed by atoms with E-state index in [-0.39, 0.29) is 0 Å². The third-order valence-electron chi connectivity index (χ3n) is 3.34. The van der Waals surface area contributed by atoms with Crippen LogP contribution in [0.2, 0.25) is 0 Å². The fraction of sp³-hybridized carbons (Fsp3) is 0.200. The number of nitrogens with zero attached hydrogens (tertiary/aromatic N) is 3. The normalized spacial score (nSPS) is 11.1. The highest BCUT2D eigenvalue weighted by Gasteiger charge is 2.08. The van der Waals surface area contributed by atoms with Crippen LogP contribution < -0.4 is 0 Å². The van der Waals surface area contributed by atoms with Crippen LogP contribution in [0.15, 0.2) is 47.1 Å². The topological polar surface area (TPSA) is 30.2 Å². The van der Waals surface area contributed by atoms with E-state index in [0.29, 0.717) is 0 Å². The number of rotatable bonds is 3. The number of fused-ring (bicyclic) bond motifs is 1. The molecule has 3 aromatic rings. The van der Waals surface area contributed by atoms with Crippen LogP contribution in [0.4, 0.5) is 0 Å². The summed E-state index contributed by atoms with van der Waals surface area (Å²) in [5.74, 6) is 1.000. The number of pyridine rings is 1. The van der Waals surface area contributed by atoms with E-state index < -0.39 is 0 Å². The van der Waals surface area contributed by atoms with Gasteiger partial charge in [0.2, 0.25) is 0 Å². The summed E-state index contributed by atoms with van der Waals surface area (Å²) < 4.78 is 3.02. The van der Waals surface area contributed by atoms with Crippen LogP contribution in [0, 0.1) is 6.92 Å². The summed E-state index contributed by atoms with van der Waals surface area (Å²) >= 11 is 3.49. The van der Waals surface area contributed by atoms with E-state index in [2.05, 4.69) is 57.3 Å². The summed E-state index contributed by atoms with van der Waals surface area (Å²) in [7, 11) is 0. The second-order valence-corrected chi connectivity index (χ2v) is 5.45. The highest BCUT2D eigenvalue weighted by atomic mass is 79.9. The van der Waals surface area contributed by atoms with Crippen LogP contribution in [-0.2, 0) is 12.8 Å². The Hall–Kier alpha value is -1.68. The Morgan fingerprint density at radius 3 is 2.74 bits per heavy atom. The molecule has 0 aliphatic heterocycles. The van der Waals surface area contributed by atoms with Crippen LogP contribution in [0.25, 0.3) is 5.65 Å². The fourth-order valence-electron chi connectivity index (χ4n) is 2.24. The number of aromatic nitrogens is 3. The lowest BCUT2D eigenvalue weighted by Gasteiger charge is -2.04. The second-order valence-electron chi connectivity index (χ2n) is 4.59. The van der Waals surface area contributed by atoms with Crippen LogP contribution in [-0.4, -0.2) is 14.6 Å². The van der Waals surface area contributed by atoms with Gasteiger partial charge in [0.05, 0.1) is 4.47 Å². The summed E-state index contributed by atoms with van der Waals surface area (Å²) in [6, 6.07) is 12.5. The summed E-state index contributed by atoms with van der Waals surface area (Å²) in [5.41, 5.74) is 3.58. The lowest BCUT2D eigenvalue weighted by Crippen LogP contribution is -1.99. The van der Waals surface area contributed by atoms with Gasteiger partial charge in [-0.25, -0.2) is 0 Å². The van der Waals surface area contributed by atoms with Crippen molar-refractivity contribution < 1.29 is 0 Å². The first kappa shape index (κ1) is 12.4. The monoisotopic (exact) mass is 315 g/mol. The molecule has 0 saturated carbocycles. The molecule has 0 unspecified atom stereocenters. The molecule has 2 aromatic heterocycles. The molecule has 19 heavy (non-hydrogen) atoms. The first-order valence-corrected chi connectivity index (χ1v) is 7.07. The van der Waals surface area contributed by atoms with Crippen molar-refractivity contribution in [1.29, 1.82) is 0 Å². The Labute approximate surface area is 120 Å². The van der Waals surface area contributed by atoms with Crippen molar-refractivity contribution in [2.45, 2.75) is 19.8 Å². The summed E-state index contributed by atoms with van der Waals surface area (Å²) in [6.45, 7) is 2.15. The van der Waals surface area contributed by atoms with Crippen molar-refractivity contribution in [2.24, 2.45) is 0 Å². The maximum absolute atomic E-state index is 4.28. The van der Waals surface area contributed by atoms with Gasteiger partial charge >= 0.3 is 0 Å². The fourth-order valence-corrected chi connectivity index (χ4v) is 2.66. The number of hydrogen-bond donors (Lipinski definition) is 0. The molecular formula is C15H14BrN3. The van der Waals surface area contributed by atoms with E-state index in [4.69, 9.17) is 0 Å². The maximum Gasteiger partial charge on any atom is 0.175 e. The largest absolute Gasteiger partial charge is 0.285 e. The van der Waals surface area contributed by atoms with Crippen LogP contribution >= 0.6 is 15.9 Å². The van der Waals surface area contributed by atoms with Gasteiger partial charge in [0, 0.05) is 12.6 Å². The Bertz CT molecular complexity index is 718. The SMILES string of the molecule is Cc1ccccc1CCc1nnc2c(Br)cccn12. The van der Waals surface area contributed by atoms with Gasteiger partial charge in [-0.05, 0) is 52.5 Å². The van der Waals surface area contributed by atoms with E-state index in [1.165, 1.54) is 11.1 Å². The minimum atomic E-state index is 0.877. The molecule has 0 saturated heterocycles. The van der Waals surface area contributed by atoms with Crippen molar-refractivity contribution in [3.8, 4) is 0 Å². The van der Waals surface area contributed by atoms with Gasteiger partial charge in [-0.15, -0.1) is 10.2 Å². The third-order valence-corrected chi connectivity index (χ3v) is 3.96. The average Bonchev–Trinajstić information content (AvgIpc) is 2.83. The summed E-state index contributed by atoms with van der Waals surface area (Å²) in [4.78, 5) is 0. The van der Waals surface area contributed by atoms with Crippen molar-refractivity contribution in [2.75, 3.05) is 0 Å². The smallest absolute Gasteiger partial charge is 0.175 e. The van der Waals surface area contributed by atoms with Gasteiger partial charge in [0.15, 0.2) is 5.65 Å². The summed E-state index contributed by atoms with van der Waals surface area (Å²) in [6.07, 6.45) is 3.88. The second kappa shape index (κ2) is 5.13. The molecule has 1 aromatic carbocycles. The summed E-state index contributed by atoms with van der Waals surface area (Å²) in [5, 5.41) is 8.50. The minimum Gasteiger partial charge on any atom is -0.285 e. The molecule has 0 N–H and O–H groups in total. The van der Waals surface area contributed by atoms with Crippen molar-refractivity contribution in [3.05, 3.63) is 64.0 Å². The van der Waals surface area contributed by atoms with Crippen molar-refractivity contribution >= 4 is 21.6 Å². The maximum atomic E-state index is 4.28. The van der Waals surface area contributed by atoms with E-state index in [0.717, 1.165) is 28.8 Å². The van der Waals surface area contributed by atoms with Crippen LogP contribution in [0.3, 0.4) is 0 Å². The lowest BCUT2D eigenvalue weighted by atomic mass is 10.0. The molecule has 0 amide bonds. The van der Waals surface area contributed by atoms with E-state index in [9.17, 15) is 0 Å². The van der Waals surface area contributed by atoms with Gasteiger partial charge in [-0.3, -0.25) is 4.40 Å². The Morgan fingerprint density at radius 1 is 1.05 bits per heavy atom. The van der Waals surface area contributed by atoms with E-state index in [1.54, 1.807) is 0 Å². The first-order chi connectivity index (χ1) is 9.25. The van der Waals surface area contributed by atoms with Gasteiger partial charge in [-0.1, -0.05) is 24.3 Å². The Balaban J connectivity index is 1.87. The molecular weight excluding hydrogens is 302 g/mol. The van der Waals surface area contributed by atoms with Gasteiger partial charge in [-0.2, -0.15) is 0 Å². The minimum absolute atomic E-state index is 0.877. The van der Waals surface area contributed by atoms with Crippen LogP contribution in [0.5, 0.6) is 0 Å². The molecule has 0 aliphatic rings. The number of aryl methyl sites for hydroxylation is 3. The molecule has 0 atom stereocenters. The standard InChI is InChI=1S/C15H14BrN3/c1-11-5-2-3-6-12(11)8-9-14-17-18-15-13(16)7-4-10-19(14)15/h2-7,10H,8-9H2,1H3. The molecule has 3 rings (SSSR count). The highest BCUT2D eigenvalue weighted by molar-refractivity contribution is 9.10. The predicted octanol–water partition coefficient (Wildman–Crippen LogP) is 3.59. The molecule has 0 spiro atoms. The van der Waals surface area contributed by atoms with E-state index >= 15 is 0 Å². The first-order valence-electron chi connectivity index (χ1n) is 6.28. The third kappa shape index (κ3) is 2.40. The quantitative estimate of drug-likeness (QED) is 0.739. The number of halogens is 1. The highest BCUT2D eigenvalue weighted by Crippen LogP contribution is 2.17. The zero-order chi connectivity index (χ0) is 13.2. The predicted molar refractivity (Wildman–Crippen MR) is 79.3 cm³/mol. The van der Waals surface area contributed by atoms with Crippen molar-refractivity contribution in [3.63, 3.8) is 0 Å². The molecule has 0 bridgehead atoms. The zero-order valence-electron chi connectivity index (χ0n) is 10.7. The van der Waals surface area contributed by atoms with Crippen molar-refractivity contribution in [1.82, 2.24) is 14.6 Å². The number of hydrogen-bond acceptors (Lipinski definition) is 2. The molecule has 3 nitrogen and oxygen atoms in total. The van der Waals surface area contributed by atoms with Gasteiger partial charge in [0.1, 0.15) is 5.82 Å². The van der Waals surface area contributed by atoms with Gasteiger partial charge < -0.3 is 0 Å². The van der Waals surface area contributed by atoms with Gasteiger partial charge in [0.25, 0.3) is 0 Å². The Morgan fingerprint density at radius 2 is 1.89 bits per heavy atom. The molecule has 0 fully saturated rings. The molecule has 0 aliphatic carbocycles. The lowest BCUT2D eigenvalue weighted by molar-refractivity contribution is 0.835. The Kier molecular flexibility index (Phi) is 3.34. The molecule has 2 heterocycles. The zero-order valence-corrected chi connectivity index (χ0v) is 12.3. The van der Waals surface area contributed by atoms with E-state index in [1.807, 2.05) is 22.7 Å².